The van der Waals surface area contributed by atoms with Crippen LogP contribution < -0.4 is 0 Å². The normalized spacial score (nSPS) is 19.1. The van der Waals surface area contributed by atoms with Crippen molar-refractivity contribution in [2.45, 2.75) is 19.9 Å². The highest BCUT2D eigenvalue weighted by Crippen LogP contribution is 2.25. The van der Waals surface area contributed by atoms with Crippen molar-refractivity contribution in [1.82, 2.24) is 14.7 Å². The van der Waals surface area contributed by atoms with Crippen LogP contribution in [0.3, 0.4) is 0 Å². The zero-order valence-corrected chi connectivity index (χ0v) is 13.6. The van der Waals surface area contributed by atoms with Crippen LogP contribution in [-0.4, -0.2) is 67.6 Å². The highest BCUT2D eigenvalue weighted by Gasteiger charge is 2.27. The molecule has 1 fully saturated rings. The number of hydrogen-bond acceptors (Lipinski definition) is 3. The average molecular weight is 293 g/mol. The van der Waals surface area contributed by atoms with Gasteiger partial charge in [-0.05, 0) is 26.2 Å². The summed E-state index contributed by atoms with van der Waals surface area (Å²) < 4.78 is 14.3. The summed E-state index contributed by atoms with van der Waals surface area (Å²) in [6.07, 6.45) is 0. The molecule has 1 heterocycles. The zero-order chi connectivity index (χ0) is 15.2. The molecule has 1 atom stereocenters. The molecule has 1 aliphatic rings. The Morgan fingerprint density at radius 1 is 1.10 bits per heavy atom. The molecule has 0 aliphatic carbocycles. The zero-order valence-electron chi connectivity index (χ0n) is 13.6. The molecule has 118 valence electrons. The first-order valence-electron chi connectivity index (χ1n) is 8.05. The van der Waals surface area contributed by atoms with Crippen molar-refractivity contribution < 1.29 is 4.39 Å². The first-order valence-corrected chi connectivity index (χ1v) is 8.05. The van der Waals surface area contributed by atoms with Gasteiger partial charge in [0.2, 0.25) is 0 Å². The second-order valence-corrected chi connectivity index (χ2v) is 5.86. The summed E-state index contributed by atoms with van der Waals surface area (Å²) in [5.74, 6) is -0.0754. The molecule has 2 rings (SSSR count). The Morgan fingerprint density at radius 2 is 1.71 bits per heavy atom. The maximum atomic E-state index is 14.3. The fourth-order valence-corrected chi connectivity index (χ4v) is 3.02. The van der Waals surface area contributed by atoms with E-state index in [2.05, 4.69) is 35.6 Å². The molecule has 0 spiro atoms. The molecule has 4 heteroatoms. The van der Waals surface area contributed by atoms with Crippen molar-refractivity contribution in [3.8, 4) is 0 Å². The van der Waals surface area contributed by atoms with Gasteiger partial charge in [0.05, 0.1) is 6.04 Å². The quantitative estimate of drug-likeness (QED) is 0.798. The number of likely N-dealkylation sites (N-methyl/N-ethyl adjacent to an activating group) is 2. The number of hydrogen-bond donors (Lipinski definition) is 0. The highest BCUT2D eigenvalue weighted by atomic mass is 19.1. The third kappa shape index (κ3) is 4.25. The van der Waals surface area contributed by atoms with Crippen LogP contribution in [0.4, 0.5) is 4.39 Å². The molecule has 21 heavy (non-hydrogen) atoms. The maximum absolute atomic E-state index is 14.3. The second kappa shape index (κ2) is 7.87. The summed E-state index contributed by atoms with van der Waals surface area (Å²) in [7, 11) is 2.15. The topological polar surface area (TPSA) is 9.72 Å². The number of benzene rings is 1. The van der Waals surface area contributed by atoms with Gasteiger partial charge >= 0.3 is 0 Å². The van der Waals surface area contributed by atoms with E-state index in [1.54, 1.807) is 12.1 Å². The minimum absolute atomic E-state index is 0.0754. The minimum atomic E-state index is -0.0754. The van der Waals surface area contributed by atoms with Crippen molar-refractivity contribution in [1.29, 1.82) is 0 Å². The molecule has 0 aromatic heterocycles. The predicted octanol–water partition coefficient (Wildman–Crippen LogP) is 2.46. The molecule has 0 saturated carbocycles. The minimum Gasteiger partial charge on any atom is -0.304 e. The molecular weight excluding hydrogens is 265 g/mol. The molecular formula is C17H28FN3. The fraction of sp³-hybridized carbons (Fsp3) is 0.647. The van der Waals surface area contributed by atoms with Gasteiger partial charge in [0.1, 0.15) is 5.82 Å². The molecule has 1 aromatic carbocycles. The molecule has 3 nitrogen and oxygen atoms in total. The van der Waals surface area contributed by atoms with Crippen LogP contribution >= 0.6 is 0 Å². The van der Waals surface area contributed by atoms with Crippen molar-refractivity contribution in [3.63, 3.8) is 0 Å². The van der Waals surface area contributed by atoms with E-state index in [1.165, 1.54) is 0 Å². The van der Waals surface area contributed by atoms with Gasteiger partial charge in [0, 0.05) is 38.3 Å². The smallest absolute Gasteiger partial charge is 0.128 e. The lowest BCUT2D eigenvalue weighted by molar-refractivity contribution is 0.0859. The highest BCUT2D eigenvalue weighted by molar-refractivity contribution is 5.22. The Kier molecular flexibility index (Phi) is 6.15. The Labute approximate surface area is 128 Å². The maximum Gasteiger partial charge on any atom is 0.128 e. The van der Waals surface area contributed by atoms with E-state index in [4.69, 9.17) is 0 Å². The van der Waals surface area contributed by atoms with Crippen LogP contribution in [0.5, 0.6) is 0 Å². The summed E-state index contributed by atoms with van der Waals surface area (Å²) >= 11 is 0. The van der Waals surface area contributed by atoms with E-state index in [-0.39, 0.29) is 11.9 Å². The van der Waals surface area contributed by atoms with E-state index in [0.29, 0.717) is 0 Å². The van der Waals surface area contributed by atoms with Crippen LogP contribution in [0.1, 0.15) is 25.5 Å². The Hall–Kier alpha value is -0.970. The average Bonchev–Trinajstić information content (AvgIpc) is 2.51. The lowest BCUT2D eigenvalue weighted by Crippen LogP contribution is -2.48. The molecule has 0 N–H and O–H groups in total. The lowest BCUT2D eigenvalue weighted by atomic mass is 10.0. The van der Waals surface area contributed by atoms with Gasteiger partial charge in [-0.3, -0.25) is 4.90 Å². The molecule has 0 bridgehead atoms. The summed E-state index contributed by atoms with van der Waals surface area (Å²) in [5.41, 5.74) is 0.842. The van der Waals surface area contributed by atoms with Crippen LogP contribution in [0, 0.1) is 5.82 Å². The Morgan fingerprint density at radius 3 is 2.29 bits per heavy atom. The van der Waals surface area contributed by atoms with Gasteiger partial charge in [0.25, 0.3) is 0 Å². The van der Waals surface area contributed by atoms with Crippen LogP contribution in [0.15, 0.2) is 24.3 Å². The van der Waals surface area contributed by atoms with E-state index in [1.807, 2.05) is 12.1 Å². The first kappa shape index (κ1) is 16.4. The molecule has 0 unspecified atom stereocenters. The number of nitrogens with zero attached hydrogens (tertiary/aromatic N) is 3. The van der Waals surface area contributed by atoms with Gasteiger partial charge in [-0.2, -0.15) is 0 Å². The number of halogens is 1. The van der Waals surface area contributed by atoms with E-state index in [9.17, 15) is 4.39 Å². The molecule has 1 saturated heterocycles. The summed E-state index contributed by atoms with van der Waals surface area (Å²) in [6.45, 7) is 11.4. The molecule has 0 radical (unpaired) electrons. The van der Waals surface area contributed by atoms with Crippen LogP contribution in [0.2, 0.25) is 0 Å². The van der Waals surface area contributed by atoms with Crippen molar-refractivity contribution in [3.05, 3.63) is 35.6 Å². The lowest BCUT2D eigenvalue weighted by Gasteiger charge is -2.40. The Bertz CT molecular complexity index is 426. The monoisotopic (exact) mass is 293 g/mol. The Balaban J connectivity index is 2.19. The number of piperazine rings is 1. The van der Waals surface area contributed by atoms with E-state index < -0.39 is 0 Å². The largest absolute Gasteiger partial charge is 0.304 e. The third-order valence-electron chi connectivity index (χ3n) is 4.57. The third-order valence-corrected chi connectivity index (χ3v) is 4.57. The van der Waals surface area contributed by atoms with Gasteiger partial charge in [-0.1, -0.05) is 32.0 Å². The fourth-order valence-electron chi connectivity index (χ4n) is 3.02. The first-order chi connectivity index (χ1) is 10.2. The predicted molar refractivity (Wildman–Crippen MR) is 86.0 cm³/mol. The van der Waals surface area contributed by atoms with Crippen molar-refractivity contribution in [2.75, 3.05) is 52.9 Å². The number of rotatable bonds is 6. The van der Waals surface area contributed by atoms with Gasteiger partial charge in [-0.15, -0.1) is 0 Å². The van der Waals surface area contributed by atoms with Gasteiger partial charge in [-0.25, -0.2) is 4.39 Å². The van der Waals surface area contributed by atoms with Gasteiger partial charge < -0.3 is 9.80 Å². The second-order valence-electron chi connectivity index (χ2n) is 5.86. The standard InChI is InChI=1S/C17H28FN3/c1-4-20(5-2)14-17(15-8-6-7-9-16(15)18)21-12-10-19(3)11-13-21/h6-9,17H,4-5,10-14H2,1-3H3/t17-/m1/s1. The summed E-state index contributed by atoms with van der Waals surface area (Å²) in [6, 6.07) is 7.41. The molecule has 0 amide bonds. The van der Waals surface area contributed by atoms with Crippen molar-refractivity contribution >= 4 is 0 Å². The molecule has 1 aliphatic heterocycles. The van der Waals surface area contributed by atoms with Crippen LogP contribution in [-0.2, 0) is 0 Å². The van der Waals surface area contributed by atoms with Gasteiger partial charge in [0.15, 0.2) is 0 Å². The SMILES string of the molecule is CCN(CC)C[C@H](c1ccccc1F)N1CCN(C)CC1. The molecule has 1 aromatic rings. The van der Waals surface area contributed by atoms with Crippen molar-refractivity contribution in [2.24, 2.45) is 0 Å². The van der Waals surface area contributed by atoms with Crippen LogP contribution in [0.25, 0.3) is 0 Å². The summed E-state index contributed by atoms with van der Waals surface area (Å²) in [4.78, 5) is 7.17. The van der Waals surface area contributed by atoms with E-state index in [0.717, 1.165) is 51.4 Å². The van der Waals surface area contributed by atoms with E-state index >= 15 is 0 Å². The summed E-state index contributed by atoms with van der Waals surface area (Å²) in [5, 5.41) is 0.